The molecule has 0 unspecified atom stereocenters. The Balaban J connectivity index is 1.34. The zero-order valence-electron chi connectivity index (χ0n) is 20.4. The Morgan fingerprint density at radius 3 is 2.31 bits per heavy atom. The van der Waals surface area contributed by atoms with Crippen LogP contribution in [0.1, 0.15) is 15.9 Å². The summed E-state index contributed by atoms with van der Waals surface area (Å²) >= 11 is 0. The van der Waals surface area contributed by atoms with Crippen molar-refractivity contribution in [3.8, 4) is 17.4 Å². The van der Waals surface area contributed by atoms with E-state index in [0.29, 0.717) is 36.0 Å². The third-order valence-corrected chi connectivity index (χ3v) is 6.01. The van der Waals surface area contributed by atoms with E-state index in [0.717, 1.165) is 31.7 Å². The van der Waals surface area contributed by atoms with Crippen LogP contribution in [0, 0.1) is 0 Å². The van der Waals surface area contributed by atoms with Crippen LogP contribution < -0.4 is 29.3 Å². The second-order valence-corrected chi connectivity index (χ2v) is 8.10. The second kappa shape index (κ2) is 11.4. The molecule has 9 heteroatoms. The molecule has 1 amide bonds. The number of amides is 1. The van der Waals surface area contributed by atoms with Gasteiger partial charge in [-0.25, -0.2) is 4.98 Å². The molecule has 0 saturated carbocycles. The Bertz CT molecular complexity index is 1130. The van der Waals surface area contributed by atoms with Gasteiger partial charge < -0.3 is 29.3 Å². The first-order valence-corrected chi connectivity index (χ1v) is 11.6. The predicted molar refractivity (Wildman–Crippen MR) is 135 cm³/mol. The lowest BCUT2D eigenvalue weighted by atomic mass is 10.1. The summed E-state index contributed by atoms with van der Waals surface area (Å²) in [4.78, 5) is 26.2. The highest BCUT2D eigenvalue weighted by Crippen LogP contribution is 2.27. The van der Waals surface area contributed by atoms with E-state index in [9.17, 15) is 4.79 Å². The summed E-state index contributed by atoms with van der Waals surface area (Å²) in [6.07, 6.45) is 2.18. The third-order valence-electron chi connectivity index (χ3n) is 6.01. The molecule has 1 fully saturated rings. The van der Waals surface area contributed by atoms with Gasteiger partial charge in [-0.1, -0.05) is 24.3 Å². The topological polar surface area (TPSA) is 89.1 Å². The first-order chi connectivity index (χ1) is 17.1. The lowest BCUT2D eigenvalue weighted by Crippen LogP contribution is -2.47. The van der Waals surface area contributed by atoms with Crippen LogP contribution in [-0.4, -0.2) is 69.9 Å². The van der Waals surface area contributed by atoms with Crippen LogP contribution in [-0.2, 0) is 6.42 Å². The number of rotatable bonds is 9. The van der Waals surface area contributed by atoms with Crippen molar-refractivity contribution in [2.24, 2.45) is 0 Å². The van der Waals surface area contributed by atoms with Crippen LogP contribution in [0.2, 0.25) is 0 Å². The lowest BCUT2D eigenvalue weighted by Gasteiger charge is -2.36. The van der Waals surface area contributed by atoms with Crippen molar-refractivity contribution < 1.29 is 19.0 Å². The maximum atomic E-state index is 12.8. The lowest BCUT2D eigenvalue weighted by molar-refractivity contribution is 0.0950. The van der Waals surface area contributed by atoms with E-state index in [4.69, 9.17) is 14.2 Å². The summed E-state index contributed by atoms with van der Waals surface area (Å²) in [6.45, 7) is 3.76. The number of piperazine rings is 1. The zero-order chi connectivity index (χ0) is 24.6. The Kier molecular flexibility index (Phi) is 7.87. The normalized spacial score (nSPS) is 13.3. The molecule has 1 N–H and O–H groups in total. The number of carbonyl (C=O) groups is 1. The highest BCUT2D eigenvalue weighted by atomic mass is 16.5. The van der Waals surface area contributed by atoms with Gasteiger partial charge >= 0.3 is 0 Å². The summed E-state index contributed by atoms with van der Waals surface area (Å²) in [7, 11) is 4.71. The molecule has 9 nitrogen and oxygen atoms in total. The molecule has 1 aliphatic rings. The molecule has 0 aliphatic carbocycles. The van der Waals surface area contributed by atoms with Gasteiger partial charge in [0.2, 0.25) is 11.8 Å². The number of methoxy groups -OCH3 is 3. The third kappa shape index (κ3) is 5.74. The fourth-order valence-electron chi connectivity index (χ4n) is 4.08. The number of aromatic nitrogens is 2. The number of anilines is 2. The van der Waals surface area contributed by atoms with Gasteiger partial charge in [0.05, 0.1) is 21.3 Å². The molecule has 2 heterocycles. The van der Waals surface area contributed by atoms with E-state index < -0.39 is 0 Å². The van der Waals surface area contributed by atoms with E-state index in [1.54, 1.807) is 14.2 Å². The maximum absolute atomic E-state index is 12.8. The Labute approximate surface area is 205 Å². The SMILES string of the molecule is COc1ccc(CCNC(=O)c2cnc(N3CCN(c4ccccc4)CC3)nc2OC)cc1OC. The summed E-state index contributed by atoms with van der Waals surface area (Å²) in [5.74, 6) is 1.89. The number of ether oxygens (including phenoxy) is 3. The van der Waals surface area contributed by atoms with Crippen molar-refractivity contribution >= 4 is 17.5 Å². The van der Waals surface area contributed by atoms with Crippen LogP contribution in [0.25, 0.3) is 0 Å². The van der Waals surface area contributed by atoms with Gasteiger partial charge in [0.25, 0.3) is 5.91 Å². The Hall–Kier alpha value is -4.01. The van der Waals surface area contributed by atoms with Crippen LogP contribution >= 0.6 is 0 Å². The largest absolute Gasteiger partial charge is 0.493 e. The maximum Gasteiger partial charge on any atom is 0.258 e. The van der Waals surface area contributed by atoms with Crippen molar-refractivity contribution in [1.29, 1.82) is 0 Å². The molecule has 2 aromatic carbocycles. The smallest absolute Gasteiger partial charge is 0.258 e. The number of para-hydroxylation sites is 1. The van der Waals surface area contributed by atoms with Gasteiger partial charge in [0, 0.05) is 44.6 Å². The van der Waals surface area contributed by atoms with Crippen molar-refractivity contribution in [2.45, 2.75) is 6.42 Å². The first-order valence-electron chi connectivity index (χ1n) is 11.6. The first kappa shape index (κ1) is 24.1. The second-order valence-electron chi connectivity index (χ2n) is 8.10. The quantitative estimate of drug-likeness (QED) is 0.503. The fraction of sp³-hybridized carbons (Fsp3) is 0.346. The Morgan fingerprint density at radius 1 is 0.914 bits per heavy atom. The molecule has 1 saturated heterocycles. The van der Waals surface area contributed by atoms with Gasteiger partial charge in [-0.15, -0.1) is 0 Å². The van der Waals surface area contributed by atoms with Crippen LogP contribution in [0.15, 0.2) is 54.7 Å². The van der Waals surface area contributed by atoms with Crippen LogP contribution in [0.3, 0.4) is 0 Å². The predicted octanol–water partition coefficient (Wildman–Crippen LogP) is 2.80. The molecule has 35 heavy (non-hydrogen) atoms. The standard InChI is InChI=1S/C26H31N5O4/c1-33-22-10-9-19(17-23(22)34-2)11-12-27-24(32)21-18-28-26(29-25(21)35-3)31-15-13-30(14-16-31)20-7-5-4-6-8-20/h4-10,17-18H,11-16H2,1-3H3,(H,27,32). The number of hydrogen-bond acceptors (Lipinski definition) is 8. The number of nitrogens with zero attached hydrogens (tertiary/aromatic N) is 4. The van der Waals surface area contributed by atoms with Crippen molar-refractivity contribution in [1.82, 2.24) is 15.3 Å². The molecule has 0 radical (unpaired) electrons. The number of hydrogen-bond donors (Lipinski definition) is 1. The van der Waals surface area contributed by atoms with Crippen molar-refractivity contribution in [3.63, 3.8) is 0 Å². The molecule has 0 spiro atoms. The van der Waals surface area contributed by atoms with Crippen LogP contribution in [0.5, 0.6) is 17.4 Å². The van der Waals surface area contributed by atoms with Gasteiger partial charge in [-0.05, 0) is 36.2 Å². The number of nitrogens with one attached hydrogen (secondary N) is 1. The van der Waals surface area contributed by atoms with E-state index in [2.05, 4.69) is 37.2 Å². The molecular weight excluding hydrogens is 446 g/mol. The minimum atomic E-state index is -0.275. The van der Waals surface area contributed by atoms with E-state index in [1.165, 1.54) is 19.0 Å². The summed E-state index contributed by atoms with van der Waals surface area (Å²) in [5, 5.41) is 2.92. The van der Waals surface area contributed by atoms with Gasteiger partial charge in [-0.2, -0.15) is 4.98 Å². The average molecular weight is 478 g/mol. The zero-order valence-corrected chi connectivity index (χ0v) is 20.4. The minimum absolute atomic E-state index is 0.268. The minimum Gasteiger partial charge on any atom is -0.493 e. The fourth-order valence-corrected chi connectivity index (χ4v) is 4.08. The van der Waals surface area contributed by atoms with E-state index in [1.807, 2.05) is 36.4 Å². The highest BCUT2D eigenvalue weighted by molar-refractivity contribution is 5.96. The van der Waals surface area contributed by atoms with Crippen molar-refractivity contribution in [2.75, 3.05) is 63.9 Å². The summed E-state index contributed by atoms with van der Waals surface area (Å²) < 4.78 is 16.0. The molecular formula is C26H31N5O4. The molecule has 3 aromatic rings. The molecule has 0 atom stereocenters. The number of carbonyl (C=O) groups excluding carboxylic acids is 1. The monoisotopic (exact) mass is 477 g/mol. The van der Waals surface area contributed by atoms with Gasteiger partial charge in [0.1, 0.15) is 5.56 Å². The van der Waals surface area contributed by atoms with Gasteiger partial charge in [0.15, 0.2) is 11.5 Å². The molecule has 184 valence electrons. The average Bonchev–Trinajstić information content (AvgIpc) is 2.93. The van der Waals surface area contributed by atoms with Crippen LogP contribution in [0.4, 0.5) is 11.6 Å². The number of benzene rings is 2. The molecule has 1 aliphatic heterocycles. The molecule has 0 bridgehead atoms. The van der Waals surface area contributed by atoms with Crippen molar-refractivity contribution in [3.05, 3.63) is 65.9 Å². The van der Waals surface area contributed by atoms with Gasteiger partial charge in [-0.3, -0.25) is 4.79 Å². The summed E-state index contributed by atoms with van der Waals surface area (Å²) in [6, 6.07) is 16.1. The highest BCUT2D eigenvalue weighted by Gasteiger charge is 2.22. The van der Waals surface area contributed by atoms with E-state index in [-0.39, 0.29) is 11.8 Å². The Morgan fingerprint density at radius 2 is 1.63 bits per heavy atom. The van der Waals surface area contributed by atoms with E-state index >= 15 is 0 Å². The molecule has 1 aromatic heterocycles. The summed E-state index contributed by atoms with van der Waals surface area (Å²) in [5.41, 5.74) is 2.55. The molecule has 4 rings (SSSR count).